The highest BCUT2D eigenvalue weighted by Gasteiger charge is 2.48. The molecule has 2 heterocycles. The van der Waals surface area contributed by atoms with E-state index in [1.165, 1.54) is 16.2 Å². The molecule has 0 bridgehead atoms. The first-order valence-electron chi connectivity index (χ1n) is 10.1. The number of ketones is 1. The van der Waals surface area contributed by atoms with Gasteiger partial charge in [-0.3, -0.25) is 14.5 Å². The number of hydrogen-bond acceptors (Lipinski definition) is 6. The van der Waals surface area contributed by atoms with E-state index in [1.54, 1.807) is 48.5 Å². The second kappa shape index (κ2) is 8.76. The quantitative estimate of drug-likeness (QED) is 0.306. The normalized spacial score (nSPS) is 17.8. The van der Waals surface area contributed by atoms with Gasteiger partial charge in [0.1, 0.15) is 11.5 Å². The highest BCUT2D eigenvalue weighted by atomic mass is 35.5. The van der Waals surface area contributed by atoms with Crippen molar-refractivity contribution in [2.24, 2.45) is 0 Å². The lowest BCUT2D eigenvalue weighted by Gasteiger charge is -2.23. The van der Waals surface area contributed by atoms with Crippen LogP contribution in [0.1, 0.15) is 34.7 Å². The van der Waals surface area contributed by atoms with Gasteiger partial charge in [0.15, 0.2) is 5.13 Å². The number of halogens is 1. The number of thiazole rings is 1. The maximum absolute atomic E-state index is 13.1. The summed E-state index contributed by atoms with van der Waals surface area (Å²) in [5.74, 6) is -1.08. The van der Waals surface area contributed by atoms with Gasteiger partial charge in [-0.05, 0) is 62.7 Å². The second-order valence-corrected chi connectivity index (χ2v) is 8.93. The summed E-state index contributed by atoms with van der Waals surface area (Å²) >= 11 is 7.30. The Morgan fingerprint density at radius 2 is 1.78 bits per heavy atom. The number of carbonyl (C=O) groups excluding carboxylic acids is 2. The maximum atomic E-state index is 13.1. The molecule has 0 saturated carbocycles. The monoisotopic (exact) mass is 468 g/mol. The number of rotatable bonds is 5. The van der Waals surface area contributed by atoms with Crippen LogP contribution in [0.2, 0.25) is 5.02 Å². The van der Waals surface area contributed by atoms with E-state index in [2.05, 4.69) is 4.98 Å². The third-order valence-electron chi connectivity index (χ3n) is 5.29. The van der Waals surface area contributed by atoms with Crippen molar-refractivity contribution in [1.29, 1.82) is 0 Å². The Balaban J connectivity index is 1.90. The molecule has 8 heteroatoms. The van der Waals surface area contributed by atoms with Crippen molar-refractivity contribution >= 4 is 45.5 Å². The molecule has 1 amide bonds. The van der Waals surface area contributed by atoms with E-state index in [1.807, 2.05) is 20.8 Å². The van der Waals surface area contributed by atoms with Gasteiger partial charge < -0.3 is 9.84 Å². The number of Topliss-reactive ketones (excluding diaryl/α,β-unsaturated/α-hetero) is 1. The zero-order chi connectivity index (χ0) is 23.0. The number of aromatic nitrogens is 1. The standard InChI is InChI=1S/C24H21ClN2O4S/c1-4-31-18-11-7-15(8-12-18)20-19(21(28)16-5-9-17(25)10-6-16)22(29)23(30)27(20)24-26-13(2)14(3)32-24/h5-12,20,28H,4H2,1-3H3/t20-/m1/s1. The minimum atomic E-state index is -0.827. The van der Waals surface area contributed by atoms with Gasteiger partial charge in [-0.15, -0.1) is 11.3 Å². The van der Waals surface area contributed by atoms with E-state index < -0.39 is 17.7 Å². The molecule has 0 spiro atoms. The molecular formula is C24H21ClN2O4S. The molecule has 1 fully saturated rings. The highest BCUT2D eigenvalue weighted by molar-refractivity contribution is 7.16. The first kappa shape index (κ1) is 22.0. The van der Waals surface area contributed by atoms with Crippen molar-refractivity contribution in [3.63, 3.8) is 0 Å². The Morgan fingerprint density at radius 3 is 2.34 bits per heavy atom. The summed E-state index contributed by atoms with van der Waals surface area (Å²) in [5.41, 5.74) is 1.85. The molecule has 0 unspecified atom stereocenters. The fourth-order valence-corrected chi connectivity index (χ4v) is 4.64. The van der Waals surface area contributed by atoms with Crippen molar-refractivity contribution in [3.05, 3.63) is 80.8 Å². The molecule has 0 radical (unpaired) electrons. The van der Waals surface area contributed by atoms with Gasteiger partial charge >= 0.3 is 5.91 Å². The SMILES string of the molecule is CCOc1ccc([C@@H]2C(=C(O)c3ccc(Cl)cc3)C(=O)C(=O)N2c2nc(C)c(C)s2)cc1. The number of aryl methyl sites for hydroxylation is 2. The lowest BCUT2D eigenvalue weighted by atomic mass is 9.95. The minimum Gasteiger partial charge on any atom is -0.507 e. The minimum absolute atomic E-state index is 0.00647. The first-order chi connectivity index (χ1) is 15.3. The molecule has 1 N–H and O–H groups in total. The Bertz CT molecular complexity index is 1200. The Kier molecular flexibility index (Phi) is 6.04. The van der Waals surface area contributed by atoms with E-state index in [-0.39, 0.29) is 11.3 Å². The summed E-state index contributed by atoms with van der Waals surface area (Å²) in [6.07, 6.45) is 0. The van der Waals surface area contributed by atoms with Crippen LogP contribution in [0.25, 0.3) is 5.76 Å². The molecule has 0 aliphatic carbocycles. The van der Waals surface area contributed by atoms with E-state index in [0.717, 1.165) is 10.6 Å². The largest absolute Gasteiger partial charge is 0.507 e. The van der Waals surface area contributed by atoms with Crippen LogP contribution in [0.15, 0.2) is 54.1 Å². The number of benzene rings is 2. The molecule has 1 saturated heterocycles. The van der Waals surface area contributed by atoms with Crippen LogP contribution in [0.4, 0.5) is 5.13 Å². The second-order valence-electron chi connectivity index (χ2n) is 7.32. The van der Waals surface area contributed by atoms with Crippen LogP contribution in [0, 0.1) is 13.8 Å². The maximum Gasteiger partial charge on any atom is 0.301 e. The number of ether oxygens (including phenoxy) is 1. The van der Waals surface area contributed by atoms with E-state index in [9.17, 15) is 14.7 Å². The number of carbonyl (C=O) groups is 2. The van der Waals surface area contributed by atoms with Gasteiger partial charge in [-0.2, -0.15) is 0 Å². The van der Waals surface area contributed by atoms with Gasteiger partial charge in [-0.25, -0.2) is 4.98 Å². The number of aliphatic hydroxyl groups is 1. The predicted molar refractivity (Wildman–Crippen MR) is 125 cm³/mol. The molecule has 1 atom stereocenters. The van der Waals surface area contributed by atoms with Gasteiger partial charge in [0.2, 0.25) is 0 Å². The average molecular weight is 469 g/mol. The van der Waals surface area contributed by atoms with Crippen molar-refractivity contribution in [2.75, 3.05) is 11.5 Å². The number of nitrogens with zero attached hydrogens (tertiary/aromatic N) is 2. The summed E-state index contributed by atoms with van der Waals surface area (Å²) in [7, 11) is 0. The van der Waals surface area contributed by atoms with Gasteiger partial charge in [0.25, 0.3) is 5.78 Å². The molecule has 1 aliphatic heterocycles. The van der Waals surface area contributed by atoms with Gasteiger partial charge in [0, 0.05) is 15.5 Å². The average Bonchev–Trinajstić information content (AvgIpc) is 3.24. The van der Waals surface area contributed by atoms with Crippen LogP contribution in [-0.2, 0) is 9.59 Å². The molecule has 6 nitrogen and oxygen atoms in total. The first-order valence-corrected chi connectivity index (χ1v) is 11.2. The Labute approximate surface area is 194 Å². The van der Waals surface area contributed by atoms with Crippen molar-refractivity contribution in [1.82, 2.24) is 4.98 Å². The summed E-state index contributed by atoms with van der Waals surface area (Å²) in [4.78, 5) is 33.1. The Morgan fingerprint density at radius 1 is 1.12 bits per heavy atom. The van der Waals surface area contributed by atoms with Crippen molar-refractivity contribution in [3.8, 4) is 5.75 Å². The fourth-order valence-electron chi connectivity index (χ4n) is 3.58. The number of hydrogen-bond donors (Lipinski definition) is 1. The zero-order valence-corrected chi connectivity index (χ0v) is 19.3. The molecule has 4 rings (SSSR count). The van der Waals surface area contributed by atoms with E-state index in [4.69, 9.17) is 16.3 Å². The van der Waals surface area contributed by atoms with Crippen LogP contribution < -0.4 is 9.64 Å². The molecule has 1 aromatic heterocycles. The van der Waals surface area contributed by atoms with Crippen LogP contribution in [0.5, 0.6) is 5.75 Å². The van der Waals surface area contributed by atoms with Crippen molar-refractivity contribution in [2.45, 2.75) is 26.8 Å². The number of amides is 1. The van der Waals surface area contributed by atoms with Crippen molar-refractivity contribution < 1.29 is 19.4 Å². The molecule has 2 aromatic carbocycles. The molecular weight excluding hydrogens is 448 g/mol. The van der Waals surface area contributed by atoms with Crippen LogP contribution in [-0.4, -0.2) is 28.4 Å². The smallest absolute Gasteiger partial charge is 0.301 e. The Hall–Kier alpha value is -3.16. The van der Waals surface area contributed by atoms with Crippen LogP contribution >= 0.6 is 22.9 Å². The fraction of sp³-hybridized carbons (Fsp3) is 0.208. The predicted octanol–water partition coefficient (Wildman–Crippen LogP) is 5.44. The summed E-state index contributed by atoms with van der Waals surface area (Å²) in [5, 5.41) is 12.0. The number of aliphatic hydroxyl groups excluding tert-OH is 1. The van der Waals surface area contributed by atoms with E-state index >= 15 is 0 Å². The van der Waals surface area contributed by atoms with E-state index in [0.29, 0.717) is 33.6 Å². The summed E-state index contributed by atoms with van der Waals surface area (Å²) in [6, 6.07) is 12.8. The number of anilines is 1. The molecule has 164 valence electrons. The molecule has 3 aromatic rings. The highest BCUT2D eigenvalue weighted by Crippen LogP contribution is 2.44. The summed E-state index contributed by atoms with van der Waals surface area (Å²) < 4.78 is 5.52. The summed E-state index contributed by atoms with van der Waals surface area (Å²) in [6.45, 7) is 6.17. The lowest BCUT2D eigenvalue weighted by Crippen LogP contribution is -2.29. The zero-order valence-electron chi connectivity index (χ0n) is 17.8. The third-order valence-corrected chi connectivity index (χ3v) is 6.62. The lowest BCUT2D eigenvalue weighted by molar-refractivity contribution is -0.132. The van der Waals surface area contributed by atoms with Gasteiger partial charge in [-0.1, -0.05) is 23.7 Å². The van der Waals surface area contributed by atoms with Gasteiger partial charge in [0.05, 0.1) is 23.9 Å². The third kappa shape index (κ3) is 3.89. The van der Waals surface area contributed by atoms with Crippen LogP contribution in [0.3, 0.4) is 0 Å². The topological polar surface area (TPSA) is 79.7 Å². The molecule has 32 heavy (non-hydrogen) atoms. The molecule has 1 aliphatic rings.